The first-order valence-corrected chi connectivity index (χ1v) is 10.1. The highest BCUT2D eigenvalue weighted by atomic mass is 19.1. The molecule has 1 aliphatic rings. The average Bonchev–Trinajstić information content (AvgIpc) is 2.79. The van der Waals surface area contributed by atoms with Crippen LogP contribution in [-0.4, -0.2) is 19.0 Å². The normalized spacial score (nSPS) is 14.8. The second kappa shape index (κ2) is 8.91. The molecule has 148 valence electrons. The minimum Gasteiger partial charge on any atom is -0.369 e. The molecule has 1 fully saturated rings. The van der Waals surface area contributed by atoms with E-state index in [0.717, 1.165) is 24.0 Å². The van der Waals surface area contributed by atoms with Crippen molar-refractivity contribution in [2.45, 2.75) is 18.9 Å². The molecule has 0 aliphatic carbocycles. The van der Waals surface area contributed by atoms with Crippen LogP contribution in [0.15, 0.2) is 84.9 Å². The molecule has 1 saturated heterocycles. The number of halogens is 1. The number of amides is 1. The molecule has 3 aromatic rings. The van der Waals surface area contributed by atoms with Crippen molar-refractivity contribution in [2.75, 3.05) is 18.0 Å². The fourth-order valence-corrected chi connectivity index (χ4v) is 4.00. The number of para-hydroxylation sites is 1. The Hall–Kier alpha value is -3.14. The van der Waals surface area contributed by atoms with Gasteiger partial charge in [0.2, 0.25) is 5.91 Å². The van der Waals surface area contributed by atoms with E-state index in [4.69, 9.17) is 0 Å². The van der Waals surface area contributed by atoms with E-state index in [1.54, 1.807) is 12.1 Å². The summed E-state index contributed by atoms with van der Waals surface area (Å²) in [7, 11) is 0. The zero-order valence-electron chi connectivity index (χ0n) is 16.3. The van der Waals surface area contributed by atoms with Gasteiger partial charge in [0.1, 0.15) is 5.82 Å². The molecule has 0 radical (unpaired) electrons. The lowest BCUT2D eigenvalue weighted by atomic mass is 9.93. The molecule has 0 aromatic heterocycles. The van der Waals surface area contributed by atoms with E-state index in [0.29, 0.717) is 18.8 Å². The smallest absolute Gasteiger partial charge is 0.223 e. The quantitative estimate of drug-likeness (QED) is 0.671. The highest BCUT2D eigenvalue weighted by molar-refractivity contribution is 5.80. The van der Waals surface area contributed by atoms with E-state index in [9.17, 15) is 9.18 Å². The van der Waals surface area contributed by atoms with E-state index < -0.39 is 0 Å². The van der Waals surface area contributed by atoms with E-state index in [-0.39, 0.29) is 23.7 Å². The zero-order valence-corrected chi connectivity index (χ0v) is 16.3. The average molecular weight is 388 g/mol. The maximum Gasteiger partial charge on any atom is 0.223 e. The number of hydrogen-bond donors (Lipinski definition) is 1. The van der Waals surface area contributed by atoms with E-state index >= 15 is 0 Å². The molecule has 1 heterocycles. The molecule has 1 aliphatic heterocycles. The molecule has 3 aromatic carbocycles. The van der Waals surface area contributed by atoms with Gasteiger partial charge in [-0.3, -0.25) is 4.79 Å². The van der Waals surface area contributed by atoms with Gasteiger partial charge >= 0.3 is 0 Å². The van der Waals surface area contributed by atoms with Crippen molar-refractivity contribution in [1.29, 1.82) is 0 Å². The Morgan fingerprint density at radius 2 is 1.34 bits per heavy atom. The zero-order chi connectivity index (χ0) is 20.1. The van der Waals surface area contributed by atoms with Gasteiger partial charge in [0.05, 0.1) is 11.7 Å². The van der Waals surface area contributed by atoms with Crippen LogP contribution in [0.4, 0.5) is 10.1 Å². The number of piperidine rings is 1. The number of hydrogen-bond acceptors (Lipinski definition) is 2. The highest BCUT2D eigenvalue weighted by Gasteiger charge is 2.28. The Balaban J connectivity index is 1.44. The van der Waals surface area contributed by atoms with Crippen molar-refractivity contribution in [3.8, 4) is 0 Å². The van der Waals surface area contributed by atoms with Crippen molar-refractivity contribution >= 4 is 11.6 Å². The number of nitrogens with zero attached hydrogens (tertiary/aromatic N) is 1. The molecule has 0 unspecified atom stereocenters. The summed E-state index contributed by atoms with van der Waals surface area (Å²) in [4.78, 5) is 15.1. The van der Waals surface area contributed by atoms with E-state index in [1.165, 1.54) is 6.07 Å². The Morgan fingerprint density at radius 1 is 0.828 bits per heavy atom. The molecule has 3 nitrogen and oxygen atoms in total. The molecule has 0 saturated carbocycles. The lowest BCUT2D eigenvalue weighted by Crippen LogP contribution is -2.42. The van der Waals surface area contributed by atoms with Crippen molar-refractivity contribution in [3.63, 3.8) is 0 Å². The number of anilines is 1. The van der Waals surface area contributed by atoms with Crippen LogP contribution in [0.1, 0.15) is 30.0 Å². The third kappa shape index (κ3) is 4.48. The van der Waals surface area contributed by atoms with Gasteiger partial charge in [0.15, 0.2) is 0 Å². The first-order valence-electron chi connectivity index (χ1n) is 10.1. The summed E-state index contributed by atoms with van der Waals surface area (Å²) in [5.74, 6) is -0.201. The summed E-state index contributed by atoms with van der Waals surface area (Å²) < 4.78 is 14.1. The van der Waals surface area contributed by atoms with Gasteiger partial charge in [-0.2, -0.15) is 0 Å². The SMILES string of the molecule is O=C(NC(c1ccccc1)c1ccccc1)C1CCN(c2ccccc2F)CC1. The predicted octanol–water partition coefficient (Wildman–Crippen LogP) is 4.95. The molecule has 4 rings (SSSR count). The Morgan fingerprint density at radius 3 is 1.90 bits per heavy atom. The molecule has 0 bridgehead atoms. The summed E-state index contributed by atoms with van der Waals surface area (Å²) in [6, 6.07) is 26.7. The summed E-state index contributed by atoms with van der Waals surface area (Å²) in [5.41, 5.74) is 2.75. The summed E-state index contributed by atoms with van der Waals surface area (Å²) in [6.45, 7) is 1.36. The number of nitrogens with one attached hydrogen (secondary N) is 1. The van der Waals surface area contributed by atoms with Crippen LogP contribution in [0.3, 0.4) is 0 Å². The lowest BCUT2D eigenvalue weighted by Gasteiger charge is -2.34. The van der Waals surface area contributed by atoms with Crippen molar-refractivity contribution in [3.05, 3.63) is 102 Å². The van der Waals surface area contributed by atoms with Gasteiger partial charge in [-0.25, -0.2) is 4.39 Å². The molecule has 29 heavy (non-hydrogen) atoms. The summed E-state index contributed by atoms with van der Waals surface area (Å²) in [6.07, 6.45) is 1.44. The minimum atomic E-state index is -0.205. The van der Waals surface area contributed by atoms with Crippen LogP contribution in [-0.2, 0) is 4.79 Å². The van der Waals surface area contributed by atoms with E-state index in [2.05, 4.69) is 5.32 Å². The molecule has 4 heteroatoms. The third-order valence-electron chi connectivity index (χ3n) is 5.61. The fraction of sp³-hybridized carbons (Fsp3) is 0.240. The number of carbonyl (C=O) groups excluding carboxylic acids is 1. The van der Waals surface area contributed by atoms with Crippen LogP contribution in [0, 0.1) is 11.7 Å². The molecular formula is C25H25FN2O. The lowest BCUT2D eigenvalue weighted by molar-refractivity contribution is -0.126. The maximum atomic E-state index is 14.1. The van der Waals surface area contributed by atoms with Crippen molar-refractivity contribution in [1.82, 2.24) is 5.32 Å². The van der Waals surface area contributed by atoms with Gasteiger partial charge in [0, 0.05) is 19.0 Å². The monoisotopic (exact) mass is 388 g/mol. The number of rotatable bonds is 5. The van der Waals surface area contributed by atoms with Crippen molar-refractivity contribution in [2.24, 2.45) is 5.92 Å². The predicted molar refractivity (Wildman–Crippen MR) is 114 cm³/mol. The van der Waals surface area contributed by atoms with Crippen LogP contribution < -0.4 is 10.2 Å². The number of benzene rings is 3. The molecule has 0 spiro atoms. The van der Waals surface area contributed by atoms with Crippen LogP contribution in [0.5, 0.6) is 0 Å². The van der Waals surface area contributed by atoms with Crippen LogP contribution in [0.25, 0.3) is 0 Å². The molecule has 1 N–H and O–H groups in total. The van der Waals surface area contributed by atoms with Crippen molar-refractivity contribution < 1.29 is 9.18 Å². The Kier molecular flexibility index (Phi) is 5.89. The molecule has 0 atom stereocenters. The first-order chi connectivity index (χ1) is 14.2. The third-order valence-corrected chi connectivity index (χ3v) is 5.61. The standard InChI is InChI=1S/C25H25FN2O/c26-22-13-7-8-14-23(22)28-17-15-21(16-18-28)25(29)27-24(19-9-3-1-4-10-19)20-11-5-2-6-12-20/h1-14,21,24H,15-18H2,(H,27,29). The van der Waals surface area contributed by atoms with Gasteiger partial charge in [-0.05, 0) is 36.1 Å². The van der Waals surface area contributed by atoms with Gasteiger partial charge in [-0.15, -0.1) is 0 Å². The molecule has 1 amide bonds. The first kappa shape index (κ1) is 19.2. The summed E-state index contributed by atoms with van der Waals surface area (Å²) in [5, 5.41) is 3.25. The van der Waals surface area contributed by atoms with Gasteiger partial charge in [-0.1, -0.05) is 72.8 Å². The largest absolute Gasteiger partial charge is 0.369 e. The Bertz CT molecular complexity index is 898. The van der Waals surface area contributed by atoms with Crippen LogP contribution >= 0.6 is 0 Å². The van der Waals surface area contributed by atoms with Crippen LogP contribution in [0.2, 0.25) is 0 Å². The maximum absolute atomic E-state index is 14.1. The second-order valence-corrected chi connectivity index (χ2v) is 7.48. The summed E-state index contributed by atoms with van der Waals surface area (Å²) >= 11 is 0. The minimum absolute atomic E-state index is 0.0621. The van der Waals surface area contributed by atoms with Gasteiger partial charge in [0.25, 0.3) is 0 Å². The number of carbonyl (C=O) groups is 1. The van der Waals surface area contributed by atoms with Gasteiger partial charge < -0.3 is 10.2 Å². The highest BCUT2D eigenvalue weighted by Crippen LogP contribution is 2.27. The topological polar surface area (TPSA) is 32.3 Å². The Labute approximate surface area is 171 Å². The van der Waals surface area contributed by atoms with E-state index in [1.807, 2.05) is 71.6 Å². The fourth-order valence-electron chi connectivity index (χ4n) is 4.00. The molecular weight excluding hydrogens is 363 g/mol. The second-order valence-electron chi connectivity index (χ2n) is 7.48.